The Balaban J connectivity index is 1.71. The number of benzene rings is 1. The van der Waals surface area contributed by atoms with Gasteiger partial charge >= 0.3 is 0 Å². The van der Waals surface area contributed by atoms with E-state index < -0.39 is 10.0 Å². The molecule has 2 saturated heterocycles. The number of hydrogen-bond donors (Lipinski definition) is 1. The summed E-state index contributed by atoms with van der Waals surface area (Å²) in [5.74, 6) is -0.376. The van der Waals surface area contributed by atoms with Crippen LogP contribution in [0.15, 0.2) is 29.2 Å². The van der Waals surface area contributed by atoms with Gasteiger partial charge < -0.3 is 10.2 Å². The van der Waals surface area contributed by atoms with E-state index in [1.807, 2.05) is 4.90 Å². The van der Waals surface area contributed by atoms with Gasteiger partial charge in [0.1, 0.15) is 0 Å². The number of nitrogens with one attached hydrogen (secondary N) is 1. The molecule has 0 bridgehead atoms. The highest BCUT2D eigenvalue weighted by atomic mass is 32.2. The molecule has 0 radical (unpaired) electrons. The molecule has 3 rings (SSSR count). The fourth-order valence-corrected chi connectivity index (χ4v) is 5.14. The molecule has 2 fully saturated rings. The van der Waals surface area contributed by atoms with Gasteiger partial charge in [-0.25, -0.2) is 8.42 Å². The zero-order valence-electron chi connectivity index (χ0n) is 15.0. The number of amides is 2. The van der Waals surface area contributed by atoms with Crippen LogP contribution in [-0.2, 0) is 19.6 Å². The van der Waals surface area contributed by atoms with Gasteiger partial charge in [0.15, 0.2) is 0 Å². The topological polar surface area (TPSA) is 86.8 Å². The SMILES string of the molecule is CC(=O)Nc1ccc(S(=O)(=O)N2CCC[C@H](C(=O)N3CCCC3)C2)cc1. The summed E-state index contributed by atoms with van der Waals surface area (Å²) in [5, 5.41) is 2.62. The molecule has 26 heavy (non-hydrogen) atoms. The van der Waals surface area contributed by atoms with Gasteiger partial charge in [0.05, 0.1) is 10.8 Å². The second-order valence-electron chi connectivity index (χ2n) is 6.94. The van der Waals surface area contributed by atoms with Crippen molar-refractivity contribution in [2.45, 2.75) is 37.5 Å². The monoisotopic (exact) mass is 379 g/mol. The maximum atomic E-state index is 12.9. The zero-order valence-corrected chi connectivity index (χ0v) is 15.8. The van der Waals surface area contributed by atoms with Gasteiger partial charge in [0.2, 0.25) is 21.8 Å². The van der Waals surface area contributed by atoms with Crippen molar-refractivity contribution >= 4 is 27.5 Å². The minimum absolute atomic E-state index is 0.0865. The summed E-state index contributed by atoms with van der Waals surface area (Å²) in [5.41, 5.74) is 0.553. The van der Waals surface area contributed by atoms with Crippen molar-refractivity contribution in [3.8, 4) is 0 Å². The molecule has 0 spiro atoms. The Morgan fingerprint density at radius 1 is 1.04 bits per heavy atom. The van der Waals surface area contributed by atoms with Crippen LogP contribution in [0.3, 0.4) is 0 Å². The normalized spacial score (nSPS) is 21.6. The summed E-state index contributed by atoms with van der Waals surface area (Å²) in [6.45, 7) is 3.64. The number of sulfonamides is 1. The molecular formula is C18H25N3O4S. The molecule has 8 heteroatoms. The zero-order chi connectivity index (χ0) is 18.7. The summed E-state index contributed by atoms with van der Waals surface area (Å²) < 4.78 is 27.3. The largest absolute Gasteiger partial charge is 0.342 e. The first-order valence-electron chi connectivity index (χ1n) is 9.04. The average Bonchev–Trinajstić information content (AvgIpc) is 3.16. The second kappa shape index (κ2) is 7.75. The number of hydrogen-bond acceptors (Lipinski definition) is 4. The molecule has 1 aromatic rings. The number of anilines is 1. The Morgan fingerprint density at radius 3 is 2.31 bits per heavy atom. The van der Waals surface area contributed by atoms with E-state index in [1.54, 1.807) is 12.1 Å². The van der Waals surface area contributed by atoms with Gasteiger partial charge in [-0.05, 0) is 49.9 Å². The molecule has 1 atom stereocenters. The van der Waals surface area contributed by atoms with E-state index in [1.165, 1.54) is 23.4 Å². The molecule has 0 aliphatic carbocycles. The van der Waals surface area contributed by atoms with Crippen LogP contribution in [0.5, 0.6) is 0 Å². The molecule has 7 nitrogen and oxygen atoms in total. The highest BCUT2D eigenvalue weighted by molar-refractivity contribution is 7.89. The van der Waals surface area contributed by atoms with Crippen LogP contribution in [0.2, 0.25) is 0 Å². The second-order valence-corrected chi connectivity index (χ2v) is 8.88. The summed E-state index contributed by atoms with van der Waals surface area (Å²) in [4.78, 5) is 25.7. The molecule has 2 amide bonds. The van der Waals surface area contributed by atoms with Crippen LogP contribution < -0.4 is 5.32 Å². The Hall–Kier alpha value is -1.93. The van der Waals surface area contributed by atoms with Crippen molar-refractivity contribution in [2.75, 3.05) is 31.5 Å². The highest BCUT2D eigenvalue weighted by Crippen LogP contribution is 2.26. The molecule has 0 saturated carbocycles. The Bertz CT molecular complexity index is 770. The van der Waals surface area contributed by atoms with Gasteiger partial charge in [0.25, 0.3) is 0 Å². The van der Waals surface area contributed by atoms with Gasteiger partial charge in [-0.1, -0.05) is 0 Å². The van der Waals surface area contributed by atoms with E-state index >= 15 is 0 Å². The third-order valence-electron chi connectivity index (χ3n) is 4.96. The fourth-order valence-electron chi connectivity index (χ4n) is 3.62. The lowest BCUT2D eigenvalue weighted by Crippen LogP contribution is -2.46. The molecule has 1 aromatic carbocycles. The number of likely N-dealkylation sites (tertiary alicyclic amines) is 1. The predicted molar refractivity (Wildman–Crippen MR) is 98.0 cm³/mol. The first-order chi connectivity index (χ1) is 12.4. The smallest absolute Gasteiger partial charge is 0.243 e. The quantitative estimate of drug-likeness (QED) is 0.862. The van der Waals surface area contributed by atoms with E-state index in [4.69, 9.17) is 0 Å². The van der Waals surface area contributed by atoms with E-state index in [0.717, 1.165) is 32.4 Å². The van der Waals surface area contributed by atoms with E-state index in [0.29, 0.717) is 18.7 Å². The van der Waals surface area contributed by atoms with Gasteiger partial charge in [0, 0.05) is 38.8 Å². The molecule has 0 aromatic heterocycles. The maximum Gasteiger partial charge on any atom is 0.243 e. The number of piperidine rings is 1. The van der Waals surface area contributed by atoms with Crippen LogP contribution in [0, 0.1) is 5.92 Å². The molecule has 0 unspecified atom stereocenters. The molecule has 142 valence electrons. The average molecular weight is 379 g/mol. The minimum Gasteiger partial charge on any atom is -0.342 e. The van der Waals surface area contributed by atoms with Crippen molar-refractivity contribution in [3.05, 3.63) is 24.3 Å². The number of rotatable bonds is 4. The third-order valence-corrected chi connectivity index (χ3v) is 6.84. The minimum atomic E-state index is -3.65. The number of carbonyl (C=O) groups is 2. The lowest BCUT2D eigenvalue weighted by molar-refractivity contribution is -0.135. The summed E-state index contributed by atoms with van der Waals surface area (Å²) in [7, 11) is -3.65. The first kappa shape index (κ1) is 18.8. The lowest BCUT2D eigenvalue weighted by Gasteiger charge is -2.33. The maximum absolute atomic E-state index is 12.9. The third kappa shape index (κ3) is 4.07. The fraction of sp³-hybridized carbons (Fsp3) is 0.556. The van der Waals surface area contributed by atoms with Crippen LogP contribution in [-0.4, -0.2) is 55.6 Å². The van der Waals surface area contributed by atoms with Crippen LogP contribution in [0.1, 0.15) is 32.6 Å². The van der Waals surface area contributed by atoms with Crippen molar-refractivity contribution in [1.29, 1.82) is 0 Å². The molecule has 2 aliphatic heterocycles. The standard InChI is InChI=1S/C18H25N3O4S/c1-14(22)19-16-6-8-17(9-7-16)26(24,25)21-12-4-5-15(13-21)18(23)20-10-2-3-11-20/h6-9,15H,2-5,10-13H2,1H3,(H,19,22)/t15-/m0/s1. The number of carbonyl (C=O) groups excluding carboxylic acids is 2. The Morgan fingerprint density at radius 2 is 1.69 bits per heavy atom. The van der Waals surface area contributed by atoms with Crippen LogP contribution in [0.4, 0.5) is 5.69 Å². The van der Waals surface area contributed by atoms with Crippen molar-refractivity contribution in [1.82, 2.24) is 9.21 Å². The number of nitrogens with zero attached hydrogens (tertiary/aromatic N) is 2. The van der Waals surface area contributed by atoms with E-state index in [-0.39, 0.29) is 29.2 Å². The first-order valence-corrected chi connectivity index (χ1v) is 10.5. The lowest BCUT2D eigenvalue weighted by atomic mass is 9.98. The summed E-state index contributed by atoms with van der Waals surface area (Å²) >= 11 is 0. The summed E-state index contributed by atoms with van der Waals surface area (Å²) in [6, 6.07) is 6.13. The molecular weight excluding hydrogens is 354 g/mol. The van der Waals surface area contributed by atoms with Gasteiger partial charge in [-0.3, -0.25) is 9.59 Å². The Kier molecular flexibility index (Phi) is 5.62. The van der Waals surface area contributed by atoms with Crippen LogP contribution >= 0.6 is 0 Å². The van der Waals surface area contributed by atoms with Gasteiger partial charge in [-0.2, -0.15) is 4.31 Å². The van der Waals surface area contributed by atoms with Crippen molar-refractivity contribution < 1.29 is 18.0 Å². The van der Waals surface area contributed by atoms with Crippen LogP contribution in [0.25, 0.3) is 0 Å². The molecule has 1 N–H and O–H groups in total. The van der Waals surface area contributed by atoms with E-state index in [2.05, 4.69) is 5.32 Å². The highest BCUT2D eigenvalue weighted by Gasteiger charge is 2.35. The molecule has 2 aliphatic rings. The van der Waals surface area contributed by atoms with Crippen molar-refractivity contribution in [3.63, 3.8) is 0 Å². The predicted octanol–water partition coefficient (Wildman–Crippen LogP) is 1.67. The summed E-state index contributed by atoms with van der Waals surface area (Å²) in [6.07, 6.45) is 3.48. The molecule has 2 heterocycles. The van der Waals surface area contributed by atoms with E-state index in [9.17, 15) is 18.0 Å². The van der Waals surface area contributed by atoms with Gasteiger partial charge in [-0.15, -0.1) is 0 Å². The Labute approximate surface area is 154 Å². The van der Waals surface area contributed by atoms with Crippen molar-refractivity contribution in [2.24, 2.45) is 5.92 Å².